The lowest BCUT2D eigenvalue weighted by Crippen LogP contribution is -2.36. The van der Waals surface area contributed by atoms with Crippen LogP contribution in [0.4, 0.5) is 5.69 Å². The van der Waals surface area contributed by atoms with Crippen LogP contribution in [0.1, 0.15) is 17.7 Å². The topological polar surface area (TPSA) is 79.8 Å². The van der Waals surface area contributed by atoms with Crippen LogP contribution in [0.15, 0.2) is 59.2 Å². The molecular weight excluding hydrogens is 442 g/mol. The molecule has 1 atom stereocenters. The summed E-state index contributed by atoms with van der Waals surface area (Å²) in [5, 5.41) is 15.1. The van der Waals surface area contributed by atoms with Crippen LogP contribution in [0.3, 0.4) is 0 Å². The average Bonchev–Trinajstić information content (AvgIpc) is 3.53. The normalized spacial score (nSPS) is 19.3. The molecule has 8 nitrogen and oxygen atoms in total. The summed E-state index contributed by atoms with van der Waals surface area (Å²) in [6.07, 6.45) is 4.01. The van der Waals surface area contributed by atoms with Crippen molar-refractivity contribution in [3.63, 3.8) is 0 Å². The van der Waals surface area contributed by atoms with Gasteiger partial charge in [-0.25, -0.2) is 9.67 Å². The number of pyridine rings is 1. The van der Waals surface area contributed by atoms with Crippen molar-refractivity contribution in [2.45, 2.75) is 19.6 Å². The minimum absolute atomic E-state index is 0.613. The molecule has 4 aromatic rings. The second-order valence-corrected chi connectivity index (χ2v) is 9.28. The Labute approximate surface area is 204 Å². The van der Waals surface area contributed by atoms with E-state index in [-0.39, 0.29) is 0 Å². The molecule has 1 N–H and O–H groups in total. The number of nitrogens with zero attached hydrogens (tertiary/aromatic N) is 5. The number of likely N-dealkylation sites (N-methyl/N-ethyl adjacent to an activating group) is 1. The van der Waals surface area contributed by atoms with E-state index in [1.54, 1.807) is 0 Å². The van der Waals surface area contributed by atoms with Gasteiger partial charge in [0.2, 0.25) is 0 Å². The van der Waals surface area contributed by atoms with Gasteiger partial charge >= 0.3 is 0 Å². The molecule has 0 amide bonds. The Bertz CT molecular complexity index is 1400. The van der Waals surface area contributed by atoms with E-state index in [0.29, 0.717) is 13.2 Å². The number of rotatable bonds is 4. The molecule has 5 heterocycles. The summed E-state index contributed by atoms with van der Waals surface area (Å²) in [4.78, 5) is 9.12. The molecule has 8 heteroatoms. The van der Waals surface area contributed by atoms with Crippen molar-refractivity contribution in [1.82, 2.24) is 19.7 Å². The predicted molar refractivity (Wildman–Crippen MR) is 136 cm³/mol. The lowest BCUT2D eigenvalue weighted by Gasteiger charge is -2.29. The maximum absolute atomic E-state index is 10.3. The number of hydrogen-bond acceptors (Lipinski definition) is 7. The number of ether oxygens (including phenoxy) is 1. The number of anilines is 1. The Morgan fingerprint density at radius 1 is 1.06 bits per heavy atom. The van der Waals surface area contributed by atoms with Crippen molar-refractivity contribution in [1.29, 1.82) is 0 Å². The molecule has 0 radical (unpaired) electrons. The van der Waals surface area contributed by atoms with Crippen LogP contribution in [-0.2, 0) is 4.74 Å². The van der Waals surface area contributed by atoms with E-state index in [1.165, 1.54) is 5.56 Å². The predicted octanol–water partition coefficient (Wildman–Crippen LogP) is 3.86. The maximum atomic E-state index is 10.3. The highest BCUT2D eigenvalue weighted by Gasteiger charge is 2.23. The van der Waals surface area contributed by atoms with Gasteiger partial charge in [0.1, 0.15) is 17.5 Å². The summed E-state index contributed by atoms with van der Waals surface area (Å²) in [7, 11) is 1.91. The highest BCUT2D eigenvalue weighted by Crippen LogP contribution is 2.35. The second kappa shape index (κ2) is 8.96. The molecule has 0 saturated carbocycles. The number of benzene rings is 1. The van der Waals surface area contributed by atoms with Gasteiger partial charge in [0.25, 0.3) is 0 Å². The summed E-state index contributed by atoms with van der Waals surface area (Å²) < 4.78 is 13.8. The second-order valence-electron chi connectivity index (χ2n) is 9.28. The quantitative estimate of drug-likeness (QED) is 0.484. The summed E-state index contributed by atoms with van der Waals surface area (Å²) >= 11 is 0. The molecular formula is C27H29N5O3. The van der Waals surface area contributed by atoms with Crippen LogP contribution in [0.2, 0.25) is 0 Å². The van der Waals surface area contributed by atoms with Gasteiger partial charge in [0.05, 0.1) is 24.6 Å². The average molecular weight is 472 g/mol. The molecule has 2 aliphatic rings. The zero-order chi connectivity index (χ0) is 23.9. The third kappa shape index (κ3) is 4.25. The van der Waals surface area contributed by atoms with Gasteiger partial charge in [-0.15, -0.1) is 0 Å². The third-order valence-electron chi connectivity index (χ3n) is 6.79. The first-order valence-corrected chi connectivity index (χ1v) is 12.0. The van der Waals surface area contributed by atoms with Crippen molar-refractivity contribution in [2.75, 3.05) is 44.8 Å². The van der Waals surface area contributed by atoms with Crippen LogP contribution in [-0.4, -0.2) is 70.9 Å². The first kappa shape index (κ1) is 22.0. The molecule has 0 aliphatic carbocycles. The lowest BCUT2D eigenvalue weighted by atomic mass is 10.1. The summed E-state index contributed by atoms with van der Waals surface area (Å²) in [5.41, 5.74) is 6.71. The van der Waals surface area contributed by atoms with E-state index in [2.05, 4.69) is 30.0 Å². The molecule has 2 aliphatic heterocycles. The van der Waals surface area contributed by atoms with Gasteiger partial charge in [-0.3, -0.25) is 4.90 Å². The Morgan fingerprint density at radius 2 is 1.91 bits per heavy atom. The zero-order valence-electron chi connectivity index (χ0n) is 20.0. The van der Waals surface area contributed by atoms with Gasteiger partial charge in [0, 0.05) is 43.5 Å². The van der Waals surface area contributed by atoms with E-state index in [1.807, 2.05) is 53.2 Å². The largest absolute Gasteiger partial charge is 0.453 e. The number of hydrogen-bond donors (Lipinski definition) is 1. The lowest BCUT2D eigenvalue weighted by molar-refractivity contribution is 0.0594. The molecule has 0 bridgehead atoms. The number of furan rings is 1. The van der Waals surface area contributed by atoms with Crippen molar-refractivity contribution in [2.24, 2.45) is 0 Å². The number of aryl methyl sites for hydroxylation is 1. The Morgan fingerprint density at radius 3 is 2.71 bits per heavy atom. The van der Waals surface area contributed by atoms with Gasteiger partial charge < -0.3 is 19.2 Å². The third-order valence-corrected chi connectivity index (χ3v) is 6.79. The molecule has 1 saturated heterocycles. The first-order valence-electron chi connectivity index (χ1n) is 12.0. The van der Waals surface area contributed by atoms with Gasteiger partial charge in [-0.2, -0.15) is 5.10 Å². The highest BCUT2D eigenvalue weighted by atomic mass is 16.5. The molecule has 180 valence electrons. The fourth-order valence-corrected chi connectivity index (χ4v) is 4.74. The van der Waals surface area contributed by atoms with Crippen molar-refractivity contribution in [3.8, 4) is 17.1 Å². The number of fused-ring (bicyclic) bond motifs is 1. The van der Waals surface area contributed by atoms with E-state index >= 15 is 0 Å². The van der Waals surface area contributed by atoms with Gasteiger partial charge in [0.15, 0.2) is 11.4 Å². The fourth-order valence-electron chi connectivity index (χ4n) is 4.74. The van der Waals surface area contributed by atoms with Gasteiger partial charge in [-0.05, 0) is 44.2 Å². The van der Waals surface area contributed by atoms with E-state index in [0.717, 1.165) is 71.3 Å². The Kier molecular flexibility index (Phi) is 5.64. The van der Waals surface area contributed by atoms with Crippen LogP contribution >= 0.6 is 0 Å². The number of morpholine rings is 1. The molecule has 1 unspecified atom stereocenters. The van der Waals surface area contributed by atoms with Crippen molar-refractivity contribution >= 4 is 22.4 Å². The molecule has 3 aromatic heterocycles. The Hall–Kier alpha value is -3.46. The monoisotopic (exact) mass is 471 g/mol. The van der Waals surface area contributed by atoms with Crippen LogP contribution in [0.25, 0.3) is 33.7 Å². The van der Waals surface area contributed by atoms with E-state index in [9.17, 15) is 5.11 Å². The molecule has 6 rings (SSSR count). The van der Waals surface area contributed by atoms with Crippen LogP contribution in [0, 0.1) is 6.92 Å². The summed E-state index contributed by atoms with van der Waals surface area (Å²) in [5.74, 6) is 1.50. The van der Waals surface area contributed by atoms with Crippen LogP contribution in [0.5, 0.6) is 0 Å². The molecule has 1 fully saturated rings. The van der Waals surface area contributed by atoms with Crippen molar-refractivity contribution in [3.05, 3.63) is 66.1 Å². The molecule has 35 heavy (non-hydrogen) atoms. The number of aliphatic hydroxyl groups is 1. The number of aliphatic hydroxyl groups excluding tert-OH is 1. The summed E-state index contributed by atoms with van der Waals surface area (Å²) in [6, 6.07) is 14.4. The van der Waals surface area contributed by atoms with E-state index < -0.39 is 6.23 Å². The number of aromatic nitrogens is 3. The maximum Gasteiger partial charge on any atom is 0.176 e. The molecule has 0 spiro atoms. The SMILES string of the molecule is Cc1cccc(-c2ccn(-c3cc(N4CCOCC4)c4oc(C5=CC(O)N(C)CC5)cc4n3)n2)c1. The van der Waals surface area contributed by atoms with Gasteiger partial charge in [-0.1, -0.05) is 23.8 Å². The minimum atomic E-state index is -0.613. The smallest absolute Gasteiger partial charge is 0.176 e. The van der Waals surface area contributed by atoms with Crippen molar-refractivity contribution < 1.29 is 14.3 Å². The Balaban J connectivity index is 1.44. The van der Waals surface area contributed by atoms with E-state index in [4.69, 9.17) is 19.2 Å². The highest BCUT2D eigenvalue weighted by molar-refractivity contribution is 5.90. The standard InChI is InChI=1S/C27H29N5O3/c1-18-4-3-5-19(14-18)21-7-9-32(29-21)25-17-23(31-10-12-34-13-11-31)27-22(28-25)16-24(35-27)20-6-8-30(2)26(33)15-20/h3-5,7,9,14-17,26,33H,6,8,10-13H2,1-2H3. The minimum Gasteiger partial charge on any atom is -0.453 e. The summed E-state index contributed by atoms with van der Waals surface area (Å²) in [6.45, 7) is 5.78. The zero-order valence-corrected chi connectivity index (χ0v) is 20.0. The first-order chi connectivity index (χ1) is 17.0. The fraction of sp³-hybridized carbons (Fsp3) is 0.333. The van der Waals surface area contributed by atoms with Crippen LogP contribution < -0.4 is 4.90 Å². The molecule has 1 aromatic carbocycles.